The average Bonchev–Trinajstić information content (AvgIpc) is 2.81. The fraction of sp³-hybridized carbons (Fsp3) is 0.182. The zero-order valence-corrected chi connectivity index (χ0v) is 11.8. The van der Waals surface area contributed by atoms with Crippen LogP contribution in [0.15, 0.2) is 35.4 Å². The number of nitrogens with zero attached hydrogens (tertiary/aromatic N) is 3. The van der Waals surface area contributed by atoms with Gasteiger partial charge in [0.2, 0.25) is 10.0 Å². The quantitative estimate of drug-likeness (QED) is 0.634. The predicted molar refractivity (Wildman–Crippen MR) is 72.0 cm³/mol. The molecule has 9 nitrogen and oxygen atoms in total. The van der Waals surface area contributed by atoms with Crippen LogP contribution in [-0.2, 0) is 23.7 Å². The number of nitro groups is 1. The number of benzene rings is 1. The van der Waals surface area contributed by atoms with Gasteiger partial charge in [0, 0.05) is 25.4 Å². The van der Waals surface area contributed by atoms with E-state index >= 15 is 0 Å². The smallest absolute Gasteiger partial charge is 0.271 e. The van der Waals surface area contributed by atoms with Crippen molar-refractivity contribution in [2.75, 3.05) is 0 Å². The van der Waals surface area contributed by atoms with Crippen molar-refractivity contribution in [3.63, 3.8) is 0 Å². The molecule has 2 N–H and O–H groups in total. The summed E-state index contributed by atoms with van der Waals surface area (Å²) < 4.78 is 29.9. The molecule has 0 fully saturated rings. The van der Waals surface area contributed by atoms with Crippen molar-refractivity contribution in [3.05, 3.63) is 46.3 Å². The molecule has 0 saturated carbocycles. The van der Waals surface area contributed by atoms with Gasteiger partial charge in [0.1, 0.15) is 17.3 Å². The van der Waals surface area contributed by atoms with Gasteiger partial charge < -0.3 is 4.74 Å². The zero-order chi connectivity index (χ0) is 15.6. The molecule has 0 amide bonds. The molecule has 0 bridgehead atoms. The second-order valence-corrected chi connectivity index (χ2v) is 5.73. The largest absolute Gasteiger partial charge is 0.486 e. The second kappa shape index (κ2) is 5.50. The first-order valence-electron chi connectivity index (χ1n) is 5.70. The van der Waals surface area contributed by atoms with Gasteiger partial charge in [-0.25, -0.2) is 13.6 Å². The Morgan fingerprint density at radius 3 is 2.67 bits per heavy atom. The Hall–Kier alpha value is -2.46. The Morgan fingerprint density at radius 1 is 1.43 bits per heavy atom. The molecule has 1 aromatic heterocycles. The maximum Gasteiger partial charge on any atom is 0.271 e. The lowest BCUT2D eigenvalue weighted by Crippen LogP contribution is -2.14. The molecular formula is C11H12N4O5S. The molecule has 0 aliphatic heterocycles. The van der Waals surface area contributed by atoms with Crippen LogP contribution in [0.3, 0.4) is 0 Å². The van der Waals surface area contributed by atoms with Crippen molar-refractivity contribution in [1.82, 2.24) is 9.78 Å². The van der Waals surface area contributed by atoms with Gasteiger partial charge in [-0.1, -0.05) is 0 Å². The number of rotatable bonds is 5. The highest BCUT2D eigenvalue weighted by molar-refractivity contribution is 7.89. The maximum absolute atomic E-state index is 11.5. The molecule has 0 atom stereocenters. The maximum atomic E-state index is 11.5. The van der Waals surface area contributed by atoms with E-state index in [2.05, 4.69) is 5.10 Å². The van der Waals surface area contributed by atoms with Crippen LogP contribution in [-0.4, -0.2) is 23.1 Å². The van der Waals surface area contributed by atoms with E-state index in [9.17, 15) is 18.5 Å². The van der Waals surface area contributed by atoms with Crippen LogP contribution in [0.5, 0.6) is 5.75 Å². The average molecular weight is 312 g/mol. The molecule has 0 aliphatic rings. The van der Waals surface area contributed by atoms with Gasteiger partial charge in [0.15, 0.2) is 0 Å². The van der Waals surface area contributed by atoms with Crippen LogP contribution in [0.1, 0.15) is 5.69 Å². The number of aryl methyl sites for hydroxylation is 1. The predicted octanol–water partition coefficient (Wildman–Crippen LogP) is 0.555. The van der Waals surface area contributed by atoms with E-state index in [0.717, 1.165) is 12.1 Å². The molecule has 0 spiro atoms. The number of hydrogen-bond acceptors (Lipinski definition) is 6. The topological polar surface area (TPSA) is 130 Å². The van der Waals surface area contributed by atoms with Gasteiger partial charge in [-0.15, -0.1) is 0 Å². The first kappa shape index (κ1) is 14.9. The number of aromatic nitrogens is 2. The van der Waals surface area contributed by atoms with Crippen LogP contribution in [0.2, 0.25) is 0 Å². The fourth-order valence-corrected chi connectivity index (χ4v) is 2.34. The van der Waals surface area contributed by atoms with Gasteiger partial charge in [-0.2, -0.15) is 5.10 Å². The molecule has 0 radical (unpaired) electrons. The number of ether oxygens (including phenoxy) is 1. The third kappa shape index (κ3) is 3.55. The molecule has 112 valence electrons. The zero-order valence-electron chi connectivity index (χ0n) is 11.0. The Balaban J connectivity index is 2.32. The van der Waals surface area contributed by atoms with Crippen LogP contribution >= 0.6 is 0 Å². The molecule has 21 heavy (non-hydrogen) atoms. The minimum absolute atomic E-state index is 0.0151. The summed E-state index contributed by atoms with van der Waals surface area (Å²) in [5.41, 5.74) is 0.195. The van der Waals surface area contributed by atoms with E-state index < -0.39 is 19.8 Å². The highest BCUT2D eigenvalue weighted by atomic mass is 32.2. The Morgan fingerprint density at radius 2 is 2.14 bits per heavy atom. The minimum Gasteiger partial charge on any atom is -0.486 e. The summed E-state index contributed by atoms with van der Waals surface area (Å²) in [4.78, 5) is 9.54. The summed E-state index contributed by atoms with van der Waals surface area (Å²) in [6, 6.07) is 4.90. The molecule has 0 saturated heterocycles. The standard InChI is InChI=1S/C11H12N4O5S/c1-14-5-4-8(13-14)7-20-10-3-2-9(15(16)17)6-11(10)21(12,18)19/h2-6H,7H2,1H3,(H2,12,18,19). The lowest BCUT2D eigenvalue weighted by Gasteiger charge is -2.08. The molecular weight excluding hydrogens is 300 g/mol. The van der Waals surface area contributed by atoms with Crippen LogP contribution < -0.4 is 9.88 Å². The van der Waals surface area contributed by atoms with E-state index in [4.69, 9.17) is 9.88 Å². The summed E-state index contributed by atoms with van der Waals surface area (Å²) in [6.07, 6.45) is 1.70. The summed E-state index contributed by atoms with van der Waals surface area (Å²) in [6.45, 7) is 0.0151. The first-order valence-corrected chi connectivity index (χ1v) is 7.24. The fourth-order valence-electron chi connectivity index (χ4n) is 1.64. The van der Waals surface area contributed by atoms with Crippen molar-refractivity contribution < 1.29 is 18.1 Å². The van der Waals surface area contributed by atoms with Gasteiger partial charge in [-0.05, 0) is 12.1 Å². The number of non-ortho nitro benzene ring substituents is 1. The monoisotopic (exact) mass is 312 g/mol. The van der Waals surface area contributed by atoms with Crippen molar-refractivity contribution in [1.29, 1.82) is 0 Å². The van der Waals surface area contributed by atoms with Gasteiger partial charge in [0.25, 0.3) is 5.69 Å². The molecule has 1 aromatic carbocycles. The van der Waals surface area contributed by atoms with Crippen LogP contribution in [0, 0.1) is 10.1 Å². The highest BCUT2D eigenvalue weighted by Crippen LogP contribution is 2.28. The minimum atomic E-state index is -4.14. The lowest BCUT2D eigenvalue weighted by molar-refractivity contribution is -0.385. The van der Waals surface area contributed by atoms with E-state index in [1.54, 1.807) is 24.0 Å². The summed E-state index contributed by atoms with van der Waals surface area (Å²) >= 11 is 0. The molecule has 1 heterocycles. The third-order valence-electron chi connectivity index (χ3n) is 2.59. The SMILES string of the molecule is Cn1ccc(COc2ccc([N+](=O)[O-])cc2S(N)(=O)=O)n1. The first-order chi connectivity index (χ1) is 9.77. The van der Waals surface area contributed by atoms with E-state index in [1.165, 1.54) is 6.07 Å². The number of sulfonamides is 1. The van der Waals surface area contributed by atoms with Gasteiger partial charge in [-0.3, -0.25) is 14.8 Å². The second-order valence-electron chi connectivity index (χ2n) is 4.20. The van der Waals surface area contributed by atoms with Crippen molar-refractivity contribution >= 4 is 15.7 Å². The molecule has 10 heteroatoms. The van der Waals surface area contributed by atoms with Crippen LogP contribution in [0.25, 0.3) is 0 Å². The lowest BCUT2D eigenvalue weighted by atomic mass is 10.3. The molecule has 0 unspecified atom stereocenters. The molecule has 2 aromatic rings. The normalized spacial score (nSPS) is 11.3. The Labute approximate surface area is 120 Å². The van der Waals surface area contributed by atoms with E-state index in [1.807, 2.05) is 0 Å². The van der Waals surface area contributed by atoms with E-state index in [-0.39, 0.29) is 18.0 Å². The number of nitro benzene ring substituents is 1. The highest BCUT2D eigenvalue weighted by Gasteiger charge is 2.20. The van der Waals surface area contributed by atoms with Crippen molar-refractivity contribution in [2.45, 2.75) is 11.5 Å². The van der Waals surface area contributed by atoms with Gasteiger partial charge in [0.05, 0.1) is 10.6 Å². The number of nitrogens with two attached hydrogens (primary N) is 1. The van der Waals surface area contributed by atoms with Crippen molar-refractivity contribution in [2.24, 2.45) is 12.2 Å². The molecule has 2 rings (SSSR count). The summed E-state index contributed by atoms with van der Waals surface area (Å²) in [5, 5.41) is 19.8. The summed E-state index contributed by atoms with van der Waals surface area (Å²) in [5.74, 6) is -0.0613. The number of primary sulfonamides is 1. The van der Waals surface area contributed by atoms with Crippen LogP contribution in [0.4, 0.5) is 5.69 Å². The Kier molecular flexibility index (Phi) is 3.91. The Bertz CT molecular complexity index is 784. The summed E-state index contributed by atoms with van der Waals surface area (Å²) in [7, 11) is -2.42. The molecule has 0 aliphatic carbocycles. The number of hydrogen-bond donors (Lipinski definition) is 1. The van der Waals surface area contributed by atoms with Gasteiger partial charge >= 0.3 is 0 Å². The van der Waals surface area contributed by atoms with E-state index in [0.29, 0.717) is 5.69 Å². The third-order valence-corrected chi connectivity index (χ3v) is 3.52. The van der Waals surface area contributed by atoms with Crippen molar-refractivity contribution in [3.8, 4) is 5.75 Å².